The third kappa shape index (κ3) is 2.90. The van der Waals surface area contributed by atoms with Crippen molar-refractivity contribution < 1.29 is 0 Å². The van der Waals surface area contributed by atoms with Gasteiger partial charge in [0.15, 0.2) is 0 Å². The van der Waals surface area contributed by atoms with Crippen LogP contribution < -0.4 is 0 Å². The average molecular weight is 301 g/mol. The van der Waals surface area contributed by atoms with Crippen LogP contribution in [0, 0.1) is 28.6 Å². The van der Waals surface area contributed by atoms with Crippen LogP contribution in [0.25, 0.3) is 0 Å². The Kier molecular flexibility index (Phi) is 4.03. The lowest BCUT2D eigenvalue weighted by molar-refractivity contribution is 0.511. The monoisotopic (exact) mass is 301 g/mol. The minimum Gasteiger partial charge on any atom is -0.241 e. The molecule has 23 heavy (non-hydrogen) atoms. The average Bonchev–Trinajstić information content (AvgIpc) is 3.11. The lowest BCUT2D eigenvalue weighted by atomic mass is 9.82. The molecule has 5 heteroatoms. The van der Waals surface area contributed by atoms with Crippen molar-refractivity contribution in [2.45, 2.75) is 19.4 Å². The molecule has 0 aliphatic heterocycles. The first-order valence-electron chi connectivity index (χ1n) is 7.38. The molecule has 0 fully saturated rings. The Balaban J connectivity index is 2.07. The second kappa shape index (κ2) is 6.29. The van der Waals surface area contributed by atoms with E-state index in [9.17, 15) is 0 Å². The summed E-state index contributed by atoms with van der Waals surface area (Å²) in [5.41, 5.74) is 3.64. The SMILES string of the molecule is CC1CC(C#N)=CC=C1C(c1ccc(C#N)cc1)n1cncn1. The molecule has 2 aromatic rings. The van der Waals surface area contributed by atoms with Gasteiger partial charge in [0.25, 0.3) is 0 Å². The molecular weight excluding hydrogens is 286 g/mol. The summed E-state index contributed by atoms with van der Waals surface area (Å²) in [7, 11) is 0. The van der Waals surface area contributed by atoms with Gasteiger partial charge in [-0.1, -0.05) is 25.1 Å². The van der Waals surface area contributed by atoms with Crippen LogP contribution in [0.5, 0.6) is 0 Å². The molecule has 1 aromatic carbocycles. The molecule has 0 amide bonds. The normalized spacial score (nSPS) is 18.3. The van der Waals surface area contributed by atoms with Crippen molar-refractivity contribution >= 4 is 0 Å². The maximum atomic E-state index is 9.09. The highest BCUT2D eigenvalue weighted by atomic mass is 15.3. The maximum absolute atomic E-state index is 9.09. The lowest BCUT2D eigenvalue weighted by Crippen LogP contribution is -2.20. The Morgan fingerprint density at radius 3 is 2.52 bits per heavy atom. The third-order valence-corrected chi connectivity index (χ3v) is 4.09. The molecule has 2 unspecified atom stereocenters. The first-order valence-corrected chi connectivity index (χ1v) is 7.38. The summed E-state index contributed by atoms with van der Waals surface area (Å²) >= 11 is 0. The number of allylic oxidation sites excluding steroid dienone is 4. The van der Waals surface area contributed by atoms with Crippen molar-refractivity contribution in [1.82, 2.24) is 14.8 Å². The predicted octanol–water partition coefficient (Wildman–Crippen LogP) is 3.16. The lowest BCUT2D eigenvalue weighted by Gasteiger charge is -2.27. The minimum absolute atomic E-state index is 0.0864. The fraction of sp³-hybridized carbons (Fsp3) is 0.222. The van der Waals surface area contributed by atoms with Crippen LogP contribution in [0.2, 0.25) is 0 Å². The van der Waals surface area contributed by atoms with Crippen molar-refractivity contribution in [2.24, 2.45) is 5.92 Å². The zero-order valence-corrected chi connectivity index (χ0v) is 12.7. The van der Waals surface area contributed by atoms with Crippen LogP contribution in [0.1, 0.15) is 30.5 Å². The van der Waals surface area contributed by atoms with Crippen molar-refractivity contribution in [1.29, 1.82) is 10.5 Å². The van der Waals surface area contributed by atoms with Gasteiger partial charge in [-0.25, -0.2) is 9.67 Å². The van der Waals surface area contributed by atoms with Gasteiger partial charge in [-0.2, -0.15) is 15.6 Å². The number of rotatable bonds is 3. The van der Waals surface area contributed by atoms with Crippen LogP contribution in [0.15, 0.2) is 60.2 Å². The summed E-state index contributed by atoms with van der Waals surface area (Å²) < 4.78 is 1.81. The van der Waals surface area contributed by atoms with Crippen molar-refractivity contribution in [2.75, 3.05) is 0 Å². The Labute approximate surface area is 134 Å². The third-order valence-electron chi connectivity index (χ3n) is 4.09. The topological polar surface area (TPSA) is 78.3 Å². The molecule has 0 spiro atoms. The zero-order valence-electron chi connectivity index (χ0n) is 12.7. The molecule has 1 heterocycles. The van der Waals surface area contributed by atoms with E-state index in [0.717, 1.165) is 17.6 Å². The van der Waals surface area contributed by atoms with E-state index in [1.165, 1.54) is 11.9 Å². The predicted molar refractivity (Wildman–Crippen MR) is 84.9 cm³/mol. The van der Waals surface area contributed by atoms with E-state index in [1.807, 2.05) is 41.1 Å². The van der Waals surface area contributed by atoms with Crippen molar-refractivity contribution in [3.05, 3.63) is 71.3 Å². The van der Waals surface area contributed by atoms with E-state index >= 15 is 0 Å². The van der Waals surface area contributed by atoms with Gasteiger partial charge in [-0.15, -0.1) is 0 Å². The highest BCUT2D eigenvalue weighted by Crippen LogP contribution is 2.36. The van der Waals surface area contributed by atoms with Crippen LogP contribution >= 0.6 is 0 Å². The van der Waals surface area contributed by atoms with E-state index < -0.39 is 0 Å². The van der Waals surface area contributed by atoms with E-state index in [1.54, 1.807) is 6.33 Å². The molecule has 3 rings (SSSR count). The van der Waals surface area contributed by atoms with Crippen molar-refractivity contribution in [3.8, 4) is 12.1 Å². The molecule has 1 aromatic heterocycles. The van der Waals surface area contributed by atoms with Gasteiger partial charge < -0.3 is 0 Å². The Hall–Kier alpha value is -3.18. The van der Waals surface area contributed by atoms with E-state index in [0.29, 0.717) is 5.56 Å². The smallest absolute Gasteiger partial charge is 0.137 e. The molecular formula is C18H15N5. The molecule has 0 N–H and O–H groups in total. The Morgan fingerprint density at radius 1 is 1.17 bits per heavy atom. The number of aromatic nitrogens is 3. The number of nitrogens with zero attached hydrogens (tertiary/aromatic N) is 5. The second-order valence-corrected chi connectivity index (χ2v) is 5.59. The summed E-state index contributed by atoms with van der Waals surface area (Å²) in [5.74, 6) is 0.236. The highest BCUT2D eigenvalue weighted by molar-refractivity contribution is 5.41. The number of benzene rings is 1. The van der Waals surface area contributed by atoms with Crippen LogP contribution in [0.4, 0.5) is 0 Å². The molecule has 0 saturated carbocycles. The van der Waals surface area contributed by atoms with E-state index in [2.05, 4.69) is 29.1 Å². The van der Waals surface area contributed by atoms with Crippen LogP contribution in [-0.2, 0) is 0 Å². The minimum atomic E-state index is -0.0864. The number of nitriles is 2. The summed E-state index contributed by atoms with van der Waals surface area (Å²) in [6.45, 7) is 2.11. The summed E-state index contributed by atoms with van der Waals surface area (Å²) in [4.78, 5) is 4.06. The highest BCUT2D eigenvalue weighted by Gasteiger charge is 2.26. The molecule has 1 aliphatic rings. The summed E-state index contributed by atoms with van der Waals surface area (Å²) in [6.07, 6.45) is 7.82. The largest absolute Gasteiger partial charge is 0.241 e. The number of hydrogen-bond donors (Lipinski definition) is 0. The zero-order chi connectivity index (χ0) is 16.2. The fourth-order valence-corrected chi connectivity index (χ4v) is 2.91. The van der Waals surface area contributed by atoms with E-state index in [-0.39, 0.29) is 12.0 Å². The molecule has 0 radical (unpaired) electrons. The van der Waals surface area contributed by atoms with Gasteiger partial charge in [-0.05, 0) is 41.7 Å². The molecule has 0 saturated heterocycles. The summed E-state index contributed by atoms with van der Waals surface area (Å²) in [6, 6.07) is 11.8. The van der Waals surface area contributed by atoms with Crippen LogP contribution in [-0.4, -0.2) is 14.8 Å². The molecule has 5 nitrogen and oxygen atoms in total. The number of hydrogen-bond acceptors (Lipinski definition) is 4. The van der Waals surface area contributed by atoms with Gasteiger partial charge in [0.2, 0.25) is 0 Å². The van der Waals surface area contributed by atoms with Gasteiger partial charge in [0, 0.05) is 5.57 Å². The molecule has 2 atom stereocenters. The standard InChI is InChI=1S/C18H15N5/c1-13-8-15(10-20)4-7-17(13)18(23-12-21-11-22-23)16-5-2-14(9-19)3-6-16/h2-7,11-13,18H,8H2,1H3. The van der Waals surface area contributed by atoms with Gasteiger partial charge in [-0.3, -0.25) is 0 Å². The van der Waals surface area contributed by atoms with Gasteiger partial charge >= 0.3 is 0 Å². The van der Waals surface area contributed by atoms with Gasteiger partial charge in [0.1, 0.15) is 18.7 Å². The first kappa shape index (κ1) is 14.7. The summed E-state index contributed by atoms with van der Waals surface area (Å²) in [5, 5.41) is 22.4. The van der Waals surface area contributed by atoms with Gasteiger partial charge in [0.05, 0.1) is 17.7 Å². The van der Waals surface area contributed by atoms with Crippen LogP contribution in [0.3, 0.4) is 0 Å². The molecule has 1 aliphatic carbocycles. The Bertz CT molecular complexity index is 829. The molecule has 112 valence electrons. The Morgan fingerprint density at radius 2 is 1.96 bits per heavy atom. The van der Waals surface area contributed by atoms with Crippen molar-refractivity contribution in [3.63, 3.8) is 0 Å². The second-order valence-electron chi connectivity index (χ2n) is 5.59. The fourth-order valence-electron chi connectivity index (χ4n) is 2.91. The van der Waals surface area contributed by atoms with E-state index in [4.69, 9.17) is 10.5 Å². The maximum Gasteiger partial charge on any atom is 0.137 e. The molecule has 0 bridgehead atoms. The first-order chi connectivity index (χ1) is 11.2. The quantitative estimate of drug-likeness (QED) is 0.872.